The van der Waals surface area contributed by atoms with Gasteiger partial charge in [0.25, 0.3) is 0 Å². The maximum atomic E-state index is 5.50. The second-order valence-corrected chi connectivity index (χ2v) is 7.30. The van der Waals surface area contributed by atoms with Crippen LogP contribution in [0, 0.1) is 0 Å². The largest absolute Gasteiger partial charge is 0.493 e. The van der Waals surface area contributed by atoms with E-state index in [2.05, 4.69) is 72.9 Å². The molecule has 0 aliphatic heterocycles. The van der Waals surface area contributed by atoms with Gasteiger partial charge in [0.2, 0.25) is 5.75 Å². The van der Waals surface area contributed by atoms with Crippen molar-refractivity contribution < 1.29 is 14.2 Å². The van der Waals surface area contributed by atoms with Crippen molar-refractivity contribution in [2.45, 2.75) is 25.3 Å². The Morgan fingerprint density at radius 3 is 1.63 bits per heavy atom. The molecule has 0 saturated heterocycles. The lowest BCUT2D eigenvalue weighted by Gasteiger charge is -2.22. The molecule has 3 aromatic rings. The van der Waals surface area contributed by atoms with Crippen LogP contribution < -0.4 is 19.5 Å². The molecule has 3 aromatic carbocycles. The third-order valence-corrected chi connectivity index (χ3v) is 5.47. The van der Waals surface area contributed by atoms with Gasteiger partial charge in [-0.2, -0.15) is 0 Å². The summed E-state index contributed by atoms with van der Waals surface area (Å²) in [6, 6.07) is 25.6. The molecule has 3 rings (SSSR count). The maximum absolute atomic E-state index is 5.50. The summed E-state index contributed by atoms with van der Waals surface area (Å²) in [7, 11) is 4.90. The molecule has 1 atom stereocenters. The number of benzene rings is 3. The molecule has 0 radical (unpaired) electrons. The Morgan fingerprint density at radius 2 is 1.20 bits per heavy atom. The fourth-order valence-corrected chi connectivity index (χ4v) is 3.81. The second kappa shape index (κ2) is 10.7. The quantitative estimate of drug-likeness (QED) is 0.478. The van der Waals surface area contributed by atoms with Crippen LogP contribution in [0.5, 0.6) is 17.2 Å². The molecule has 0 bridgehead atoms. The van der Waals surface area contributed by atoms with E-state index in [1.807, 2.05) is 12.1 Å². The summed E-state index contributed by atoms with van der Waals surface area (Å²) in [5.74, 6) is 2.31. The number of hydrogen-bond acceptors (Lipinski definition) is 4. The molecule has 1 N–H and O–H groups in total. The summed E-state index contributed by atoms with van der Waals surface area (Å²) in [5, 5.41) is 3.66. The van der Waals surface area contributed by atoms with Crippen molar-refractivity contribution in [2.24, 2.45) is 0 Å². The first-order valence-electron chi connectivity index (χ1n) is 10.3. The first-order valence-corrected chi connectivity index (χ1v) is 10.3. The van der Waals surface area contributed by atoms with Gasteiger partial charge < -0.3 is 19.5 Å². The minimum Gasteiger partial charge on any atom is -0.493 e. The second-order valence-electron chi connectivity index (χ2n) is 7.30. The van der Waals surface area contributed by atoms with Crippen LogP contribution in [-0.4, -0.2) is 27.9 Å². The van der Waals surface area contributed by atoms with Gasteiger partial charge in [-0.25, -0.2) is 0 Å². The Bertz CT molecular complexity index is 848. The topological polar surface area (TPSA) is 39.7 Å². The lowest BCUT2D eigenvalue weighted by Crippen LogP contribution is -2.22. The fourth-order valence-electron chi connectivity index (χ4n) is 3.81. The van der Waals surface area contributed by atoms with Gasteiger partial charge >= 0.3 is 0 Å². The van der Waals surface area contributed by atoms with Crippen molar-refractivity contribution in [1.29, 1.82) is 0 Å². The fraction of sp³-hybridized carbons (Fsp3) is 0.308. The molecule has 0 heterocycles. The summed E-state index contributed by atoms with van der Waals surface area (Å²) >= 11 is 0. The van der Waals surface area contributed by atoms with Crippen molar-refractivity contribution in [1.82, 2.24) is 5.32 Å². The maximum Gasteiger partial charge on any atom is 0.203 e. The SMILES string of the molecule is COc1cc(C(C)NCCC(c2ccccc2)c2ccccc2)cc(OC)c1OC. The van der Waals surface area contributed by atoms with Crippen LogP contribution >= 0.6 is 0 Å². The number of ether oxygens (including phenoxy) is 3. The molecule has 0 aliphatic rings. The third kappa shape index (κ3) is 5.14. The van der Waals surface area contributed by atoms with Crippen LogP contribution in [0.4, 0.5) is 0 Å². The normalized spacial score (nSPS) is 11.9. The summed E-state index contributed by atoms with van der Waals surface area (Å²) in [4.78, 5) is 0. The Balaban J connectivity index is 1.72. The number of methoxy groups -OCH3 is 3. The van der Waals surface area contributed by atoms with Gasteiger partial charge in [-0.05, 0) is 48.7 Å². The monoisotopic (exact) mass is 405 g/mol. The van der Waals surface area contributed by atoms with Gasteiger partial charge in [-0.3, -0.25) is 0 Å². The standard InChI is InChI=1S/C26H31NO3/c1-19(22-17-24(28-2)26(30-4)25(18-22)29-3)27-16-15-23(20-11-7-5-8-12-20)21-13-9-6-10-14-21/h5-14,17-19,23,27H,15-16H2,1-4H3. The predicted octanol–water partition coefficient (Wildman–Crippen LogP) is 5.59. The lowest BCUT2D eigenvalue weighted by molar-refractivity contribution is 0.323. The van der Waals surface area contributed by atoms with Crippen LogP contribution in [-0.2, 0) is 0 Å². The zero-order chi connectivity index (χ0) is 21.3. The van der Waals surface area contributed by atoms with Crippen molar-refractivity contribution in [3.63, 3.8) is 0 Å². The molecule has 0 spiro atoms. The Labute approximate surface area is 179 Å². The van der Waals surface area contributed by atoms with Gasteiger partial charge in [0.1, 0.15) is 0 Å². The van der Waals surface area contributed by atoms with Crippen molar-refractivity contribution in [2.75, 3.05) is 27.9 Å². The minimum absolute atomic E-state index is 0.144. The Kier molecular flexibility index (Phi) is 7.75. The highest BCUT2D eigenvalue weighted by Gasteiger charge is 2.18. The Hall–Kier alpha value is -2.98. The van der Waals surface area contributed by atoms with Crippen molar-refractivity contribution in [3.8, 4) is 17.2 Å². The summed E-state index contributed by atoms with van der Waals surface area (Å²) in [6.07, 6.45) is 1.00. The number of rotatable bonds is 10. The molecular formula is C26H31NO3. The van der Waals surface area contributed by atoms with E-state index >= 15 is 0 Å². The Morgan fingerprint density at radius 1 is 0.700 bits per heavy atom. The van der Waals surface area contributed by atoms with E-state index in [1.165, 1.54) is 11.1 Å². The van der Waals surface area contributed by atoms with E-state index < -0.39 is 0 Å². The average molecular weight is 406 g/mol. The highest BCUT2D eigenvalue weighted by Crippen LogP contribution is 2.39. The zero-order valence-electron chi connectivity index (χ0n) is 18.2. The van der Waals surface area contributed by atoms with Crippen LogP contribution in [0.3, 0.4) is 0 Å². The molecule has 0 aliphatic carbocycles. The molecule has 4 nitrogen and oxygen atoms in total. The van der Waals surface area contributed by atoms with Crippen LogP contribution in [0.25, 0.3) is 0 Å². The van der Waals surface area contributed by atoms with E-state index in [4.69, 9.17) is 14.2 Å². The predicted molar refractivity (Wildman–Crippen MR) is 122 cm³/mol. The first-order chi connectivity index (χ1) is 14.7. The summed E-state index contributed by atoms with van der Waals surface area (Å²) < 4.78 is 16.4. The van der Waals surface area contributed by atoms with E-state index in [9.17, 15) is 0 Å². The van der Waals surface area contributed by atoms with E-state index in [1.54, 1.807) is 21.3 Å². The highest BCUT2D eigenvalue weighted by atomic mass is 16.5. The van der Waals surface area contributed by atoms with Crippen LogP contribution in [0.15, 0.2) is 72.8 Å². The zero-order valence-corrected chi connectivity index (χ0v) is 18.2. The van der Waals surface area contributed by atoms with E-state index in [0.717, 1.165) is 18.5 Å². The number of nitrogens with one attached hydrogen (secondary N) is 1. The van der Waals surface area contributed by atoms with E-state index in [0.29, 0.717) is 23.2 Å². The van der Waals surface area contributed by atoms with Gasteiger partial charge in [-0.15, -0.1) is 0 Å². The smallest absolute Gasteiger partial charge is 0.203 e. The molecular weight excluding hydrogens is 374 g/mol. The van der Waals surface area contributed by atoms with Gasteiger partial charge in [0.15, 0.2) is 11.5 Å². The highest BCUT2D eigenvalue weighted by molar-refractivity contribution is 5.54. The number of hydrogen-bond donors (Lipinski definition) is 1. The van der Waals surface area contributed by atoms with Gasteiger partial charge in [0.05, 0.1) is 21.3 Å². The summed E-state index contributed by atoms with van der Waals surface area (Å²) in [6.45, 7) is 3.03. The lowest BCUT2D eigenvalue weighted by atomic mass is 9.88. The average Bonchev–Trinajstić information content (AvgIpc) is 2.81. The first kappa shape index (κ1) is 21.7. The molecule has 1 unspecified atom stereocenters. The van der Waals surface area contributed by atoms with Gasteiger partial charge in [0, 0.05) is 12.0 Å². The summed E-state index contributed by atoms with van der Waals surface area (Å²) in [5.41, 5.74) is 3.78. The molecule has 4 heteroatoms. The molecule has 0 amide bonds. The molecule has 0 aromatic heterocycles. The molecule has 158 valence electrons. The van der Waals surface area contributed by atoms with Crippen LogP contribution in [0.2, 0.25) is 0 Å². The van der Waals surface area contributed by atoms with Crippen molar-refractivity contribution in [3.05, 3.63) is 89.5 Å². The van der Waals surface area contributed by atoms with Crippen molar-refractivity contribution >= 4 is 0 Å². The van der Waals surface area contributed by atoms with E-state index in [-0.39, 0.29) is 6.04 Å². The molecule has 0 saturated carbocycles. The third-order valence-electron chi connectivity index (χ3n) is 5.47. The molecule has 0 fully saturated rings. The minimum atomic E-state index is 0.144. The van der Waals surface area contributed by atoms with Gasteiger partial charge in [-0.1, -0.05) is 60.7 Å². The molecule has 30 heavy (non-hydrogen) atoms. The van der Waals surface area contributed by atoms with Crippen LogP contribution in [0.1, 0.15) is 42.0 Å².